The van der Waals surface area contributed by atoms with Crippen LogP contribution in [-0.2, 0) is 16.5 Å². The number of hydrogen-bond acceptors (Lipinski definition) is 3. The van der Waals surface area contributed by atoms with Gasteiger partial charge < -0.3 is 0 Å². The third-order valence-electron chi connectivity index (χ3n) is 2.66. The normalized spacial score (nSPS) is 11.8. The average molecular weight is 276 g/mol. The second kappa shape index (κ2) is 7.84. The molecule has 1 rings (SSSR count). The monoisotopic (exact) mass is 276 g/mol. The van der Waals surface area contributed by atoms with Crippen LogP contribution in [0.3, 0.4) is 0 Å². The van der Waals surface area contributed by atoms with Gasteiger partial charge in [0.15, 0.2) is 0 Å². The highest BCUT2D eigenvalue weighted by Crippen LogP contribution is 2.14. The molecule has 1 heterocycles. The molecule has 0 aliphatic carbocycles. The molecule has 0 aromatic carbocycles. The van der Waals surface area contributed by atoms with Crippen LogP contribution in [0.15, 0.2) is 17.5 Å². The molecule has 0 atom stereocenters. The summed E-state index contributed by atoms with van der Waals surface area (Å²) in [6, 6.07) is 4.24. The van der Waals surface area contributed by atoms with Gasteiger partial charge in [-0.2, -0.15) is 8.42 Å². The molecule has 0 unspecified atom stereocenters. The van der Waals surface area contributed by atoms with E-state index in [2.05, 4.69) is 17.5 Å². The van der Waals surface area contributed by atoms with Crippen LogP contribution in [0.25, 0.3) is 0 Å². The van der Waals surface area contributed by atoms with Gasteiger partial charge in [0.05, 0.1) is 5.75 Å². The molecule has 1 N–H and O–H groups in total. The summed E-state index contributed by atoms with van der Waals surface area (Å²) in [5.74, 6) is -0.0950. The van der Waals surface area contributed by atoms with E-state index >= 15 is 0 Å². The van der Waals surface area contributed by atoms with E-state index in [-0.39, 0.29) is 5.75 Å². The summed E-state index contributed by atoms with van der Waals surface area (Å²) in [6.45, 7) is 0. The van der Waals surface area contributed by atoms with E-state index in [1.165, 1.54) is 17.7 Å². The number of thiophene rings is 1. The molecule has 0 spiro atoms. The van der Waals surface area contributed by atoms with Crippen molar-refractivity contribution in [3.05, 3.63) is 22.4 Å². The van der Waals surface area contributed by atoms with Crippen molar-refractivity contribution in [3.63, 3.8) is 0 Å². The van der Waals surface area contributed by atoms with Crippen molar-refractivity contribution in [2.75, 3.05) is 5.75 Å². The van der Waals surface area contributed by atoms with Crippen LogP contribution in [0.1, 0.15) is 43.4 Å². The molecule has 0 aliphatic heterocycles. The maximum absolute atomic E-state index is 10.5. The van der Waals surface area contributed by atoms with Gasteiger partial charge in [0.2, 0.25) is 0 Å². The van der Waals surface area contributed by atoms with Gasteiger partial charge >= 0.3 is 0 Å². The van der Waals surface area contributed by atoms with Crippen LogP contribution in [0.4, 0.5) is 0 Å². The fraction of sp³-hybridized carbons (Fsp3) is 0.667. The topological polar surface area (TPSA) is 54.4 Å². The molecule has 3 nitrogen and oxygen atoms in total. The van der Waals surface area contributed by atoms with Crippen LogP contribution in [0, 0.1) is 0 Å². The predicted octanol–water partition coefficient (Wildman–Crippen LogP) is 3.52. The first-order chi connectivity index (χ1) is 8.08. The van der Waals surface area contributed by atoms with Crippen molar-refractivity contribution >= 4 is 21.5 Å². The molecule has 0 bridgehead atoms. The SMILES string of the molecule is O=S(=O)(O)CCCCCCCCc1cccs1. The van der Waals surface area contributed by atoms with E-state index in [0.29, 0.717) is 6.42 Å². The lowest BCUT2D eigenvalue weighted by Crippen LogP contribution is -2.03. The Balaban J connectivity index is 1.88. The molecular weight excluding hydrogens is 256 g/mol. The minimum Gasteiger partial charge on any atom is -0.286 e. The third kappa shape index (κ3) is 8.35. The first-order valence-electron chi connectivity index (χ1n) is 6.05. The predicted molar refractivity (Wildman–Crippen MR) is 72.1 cm³/mol. The molecule has 98 valence electrons. The standard InChI is InChI=1S/C12H20O3S2/c13-17(14,15)11-6-4-2-1-3-5-8-12-9-7-10-16-12/h7,9-10H,1-6,8,11H2,(H,13,14,15). The summed E-state index contributed by atoms with van der Waals surface area (Å²) in [5, 5.41) is 2.10. The van der Waals surface area contributed by atoms with Crippen molar-refractivity contribution in [3.8, 4) is 0 Å². The van der Waals surface area contributed by atoms with Gasteiger partial charge in [-0.25, -0.2) is 0 Å². The quantitative estimate of drug-likeness (QED) is 0.554. The Kier molecular flexibility index (Phi) is 6.77. The van der Waals surface area contributed by atoms with Gasteiger partial charge in [-0.15, -0.1) is 11.3 Å². The molecule has 0 aliphatic rings. The van der Waals surface area contributed by atoms with Crippen LogP contribution >= 0.6 is 11.3 Å². The maximum Gasteiger partial charge on any atom is 0.264 e. The van der Waals surface area contributed by atoms with Crippen molar-refractivity contribution < 1.29 is 13.0 Å². The Bertz CT molecular complexity index is 382. The highest BCUT2D eigenvalue weighted by atomic mass is 32.2. The van der Waals surface area contributed by atoms with Gasteiger partial charge in [0, 0.05) is 4.88 Å². The van der Waals surface area contributed by atoms with E-state index in [1.807, 2.05) is 0 Å². The number of aryl methyl sites for hydroxylation is 1. The fourth-order valence-electron chi connectivity index (χ4n) is 1.75. The Morgan fingerprint density at radius 3 is 2.29 bits per heavy atom. The smallest absolute Gasteiger partial charge is 0.264 e. The summed E-state index contributed by atoms with van der Waals surface area (Å²) in [4.78, 5) is 1.44. The molecular formula is C12H20O3S2. The fourth-order valence-corrected chi connectivity index (χ4v) is 3.07. The molecule has 0 radical (unpaired) electrons. The highest BCUT2D eigenvalue weighted by Gasteiger charge is 2.02. The summed E-state index contributed by atoms with van der Waals surface area (Å²) in [6.07, 6.45) is 7.23. The minimum atomic E-state index is -3.75. The largest absolute Gasteiger partial charge is 0.286 e. The summed E-state index contributed by atoms with van der Waals surface area (Å²) in [5.41, 5.74) is 0. The van der Waals surface area contributed by atoms with E-state index < -0.39 is 10.1 Å². The first-order valence-corrected chi connectivity index (χ1v) is 8.54. The van der Waals surface area contributed by atoms with Gasteiger partial charge in [-0.1, -0.05) is 31.7 Å². The van der Waals surface area contributed by atoms with Crippen molar-refractivity contribution in [1.82, 2.24) is 0 Å². The lowest BCUT2D eigenvalue weighted by Gasteiger charge is -2.00. The van der Waals surface area contributed by atoms with E-state index in [4.69, 9.17) is 4.55 Å². The molecule has 5 heteroatoms. The molecule has 0 saturated carbocycles. The van der Waals surface area contributed by atoms with Crippen molar-refractivity contribution in [2.24, 2.45) is 0 Å². The molecule has 0 fully saturated rings. The Morgan fingerprint density at radius 2 is 1.71 bits per heavy atom. The Hall–Kier alpha value is -0.390. The number of rotatable bonds is 9. The first kappa shape index (κ1) is 14.7. The van der Waals surface area contributed by atoms with Gasteiger partial charge in [0.1, 0.15) is 0 Å². The maximum atomic E-state index is 10.5. The van der Waals surface area contributed by atoms with Crippen molar-refractivity contribution in [2.45, 2.75) is 44.9 Å². The molecule has 0 saturated heterocycles. The van der Waals surface area contributed by atoms with Crippen LogP contribution in [0.5, 0.6) is 0 Å². The van der Waals surface area contributed by atoms with Crippen LogP contribution in [-0.4, -0.2) is 18.7 Å². The third-order valence-corrected chi connectivity index (χ3v) is 4.40. The Morgan fingerprint density at radius 1 is 1.06 bits per heavy atom. The molecule has 17 heavy (non-hydrogen) atoms. The van der Waals surface area contributed by atoms with E-state index in [0.717, 1.165) is 25.7 Å². The van der Waals surface area contributed by atoms with Gasteiger partial charge in [-0.3, -0.25) is 4.55 Å². The lowest BCUT2D eigenvalue weighted by molar-refractivity contribution is 0.478. The van der Waals surface area contributed by atoms with Crippen LogP contribution in [0.2, 0.25) is 0 Å². The number of hydrogen-bond donors (Lipinski definition) is 1. The second-order valence-corrected chi connectivity index (χ2v) is 6.84. The zero-order valence-corrected chi connectivity index (χ0v) is 11.6. The molecule has 1 aromatic heterocycles. The van der Waals surface area contributed by atoms with E-state index in [1.54, 1.807) is 11.3 Å². The van der Waals surface area contributed by atoms with Gasteiger partial charge in [0.25, 0.3) is 10.1 Å². The second-order valence-electron chi connectivity index (χ2n) is 4.24. The minimum absolute atomic E-state index is 0.0950. The lowest BCUT2D eigenvalue weighted by atomic mass is 10.1. The summed E-state index contributed by atoms with van der Waals surface area (Å²) < 4.78 is 29.4. The van der Waals surface area contributed by atoms with E-state index in [9.17, 15) is 8.42 Å². The molecule has 1 aromatic rings. The Labute approximate surface area is 108 Å². The zero-order chi connectivity index (χ0) is 12.6. The molecule has 0 amide bonds. The summed E-state index contributed by atoms with van der Waals surface area (Å²) >= 11 is 1.80. The van der Waals surface area contributed by atoms with Crippen molar-refractivity contribution in [1.29, 1.82) is 0 Å². The zero-order valence-electron chi connectivity index (χ0n) is 9.97. The van der Waals surface area contributed by atoms with Gasteiger partial charge in [-0.05, 0) is 30.7 Å². The highest BCUT2D eigenvalue weighted by molar-refractivity contribution is 7.85. The number of unbranched alkanes of at least 4 members (excludes halogenated alkanes) is 5. The summed E-state index contributed by atoms with van der Waals surface area (Å²) in [7, 11) is -3.75. The van der Waals surface area contributed by atoms with Crippen LogP contribution < -0.4 is 0 Å². The average Bonchev–Trinajstić information content (AvgIpc) is 2.73.